The van der Waals surface area contributed by atoms with Crippen LogP contribution in [0.2, 0.25) is 0 Å². The lowest BCUT2D eigenvalue weighted by Gasteiger charge is -2.30. The van der Waals surface area contributed by atoms with Gasteiger partial charge in [-0.15, -0.1) is 0 Å². The Balaban J connectivity index is 1.59. The van der Waals surface area contributed by atoms with Crippen molar-refractivity contribution in [3.63, 3.8) is 0 Å². The summed E-state index contributed by atoms with van der Waals surface area (Å²) < 4.78 is 13.2. The average molecular weight is 624 g/mol. The molecule has 242 valence electrons. The second-order valence-electron chi connectivity index (χ2n) is 12.2. The van der Waals surface area contributed by atoms with E-state index in [-0.39, 0.29) is 11.3 Å². The second kappa shape index (κ2) is 15.7. The minimum absolute atomic E-state index is 0.0234. The quantitative estimate of drug-likeness (QED) is 0.112. The fourth-order valence-electron chi connectivity index (χ4n) is 6.46. The number of carboxylic acid groups (broad SMARTS) is 1. The Morgan fingerprint density at radius 2 is 1.70 bits per heavy atom. The Hall–Kier alpha value is -4.43. The van der Waals surface area contributed by atoms with E-state index in [1.807, 2.05) is 24.3 Å². The highest BCUT2D eigenvalue weighted by molar-refractivity contribution is 5.92. The second-order valence-corrected chi connectivity index (χ2v) is 12.2. The molecule has 1 saturated carbocycles. The Labute approximate surface area is 272 Å². The van der Waals surface area contributed by atoms with Gasteiger partial charge in [0.15, 0.2) is 0 Å². The van der Waals surface area contributed by atoms with E-state index in [0.29, 0.717) is 19.0 Å². The summed E-state index contributed by atoms with van der Waals surface area (Å²) in [5.41, 5.74) is 5.08. The molecule has 1 N–H and O–H groups in total. The number of unbranched alkanes of at least 4 members (excludes halogenated alkanes) is 1. The minimum Gasteiger partial charge on any atom is -0.497 e. The number of aromatic nitrogens is 2. The summed E-state index contributed by atoms with van der Waals surface area (Å²) in [5.74, 6) is 0.732. The highest BCUT2D eigenvalue weighted by Gasteiger charge is 2.25. The zero-order chi connectivity index (χ0) is 32.5. The van der Waals surface area contributed by atoms with Crippen molar-refractivity contribution in [2.45, 2.75) is 78.4 Å². The third kappa shape index (κ3) is 8.23. The van der Waals surface area contributed by atoms with Crippen LogP contribution >= 0.6 is 0 Å². The molecule has 8 heteroatoms. The maximum atomic E-state index is 11.9. The molecule has 0 unspecified atom stereocenters. The first kappa shape index (κ1) is 32.9. The molecule has 0 saturated heterocycles. The summed E-state index contributed by atoms with van der Waals surface area (Å²) in [6.45, 7) is 6.49. The minimum atomic E-state index is -1.13. The maximum absolute atomic E-state index is 11.9. The highest BCUT2D eigenvalue weighted by atomic mass is 16.5. The number of nitrogens with zero attached hydrogens (tertiary/aromatic N) is 3. The predicted molar refractivity (Wildman–Crippen MR) is 180 cm³/mol. The van der Waals surface area contributed by atoms with Gasteiger partial charge in [0.05, 0.1) is 18.5 Å². The van der Waals surface area contributed by atoms with Crippen LogP contribution in [-0.4, -0.2) is 45.2 Å². The Morgan fingerprint density at radius 3 is 2.35 bits per heavy atom. The molecule has 0 amide bonds. The smallest absolute Gasteiger partial charge is 0.339 e. The Bertz CT molecular complexity index is 1610. The number of ether oxygens (including phenoxy) is 2. The number of hydrogen-bond acceptors (Lipinski definition) is 6. The van der Waals surface area contributed by atoms with Gasteiger partial charge in [-0.25, -0.2) is 9.78 Å². The number of carbonyl (C=O) groups is 2. The molecule has 46 heavy (non-hydrogen) atoms. The lowest BCUT2D eigenvalue weighted by molar-refractivity contribution is -0.131. The monoisotopic (exact) mass is 623 g/mol. The Kier molecular flexibility index (Phi) is 11.3. The molecule has 0 radical (unpaired) electrons. The number of aromatic carboxylic acids is 1. The zero-order valence-corrected chi connectivity index (χ0v) is 27.2. The molecule has 0 bridgehead atoms. The lowest BCUT2D eigenvalue weighted by Crippen LogP contribution is -2.31. The summed E-state index contributed by atoms with van der Waals surface area (Å²) in [7, 11) is 1.67. The van der Waals surface area contributed by atoms with Gasteiger partial charge in [0.2, 0.25) is 0 Å². The van der Waals surface area contributed by atoms with E-state index < -0.39 is 11.9 Å². The molecule has 3 aromatic carbocycles. The molecular formula is C38H45N3O5. The Morgan fingerprint density at radius 1 is 0.957 bits per heavy atom. The van der Waals surface area contributed by atoms with Crippen LogP contribution < -0.4 is 9.47 Å². The number of carbonyl (C=O) groups excluding carboxylic acids is 1. The summed E-state index contributed by atoms with van der Waals surface area (Å²) in [4.78, 5) is 31.5. The van der Waals surface area contributed by atoms with Crippen molar-refractivity contribution in [1.82, 2.24) is 14.5 Å². The molecular weight excluding hydrogens is 578 g/mol. The SMILES string of the molecule is CCCCn1c(-c2ccccc2)nc(-c2ccc(OC)cc2)c1CN(Cc1ccc(C(=O)O)c(OC(C)=O)c1)CC1CCCCC1. The van der Waals surface area contributed by atoms with Gasteiger partial charge in [0.25, 0.3) is 0 Å². The highest BCUT2D eigenvalue weighted by Crippen LogP contribution is 2.34. The van der Waals surface area contributed by atoms with Crippen molar-refractivity contribution >= 4 is 11.9 Å². The van der Waals surface area contributed by atoms with Crippen molar-refractivity contribution in [3.05, 3.63) is 89.6 Å². The van der Waals surface area contributed by atoms with Gasteiger partial charge in [-0.1, -0.05) is 69.0 Å². The molecule has 0 aliphatic heterocycles. The van der Waals surface area contributed by atoms with Crippen LogP contribution in [0, 0.1) is 5.92 Å². The van der Waals surface area contributed by atoms with Crippen molar-refractivity contribution in [1.29, 1.82) is 0 Å². The molecule has 0 atom stereocenters. The topological polar surface area (TPSA) is 93.9 Å². The van der Waals surface area contributed by atoms with E-state index >= 15 is 0 Å². The van der Waals surface area contributed by atoms with Crippen LogP contribution in [0.15, 0.2) is 72.8 Å². The molecule has 5 rings (SSSR count). The summed E-state index contributed by atoms with van der Waals surface area (Å²) in [6.07, 6.45) is 8.25. The molecule has 8 nitrogen and oxygen atoms in total. The average Bonchev–Trinajstić information content (AvgIpc) is 3.41. The van der Waals surface area contributed by atoms with E-state index in [1.165, 1.54) is 45.1 Å². The summed E-state index contributed by atoms with van der Waals surface area (Å²) >= 11 is 0. The normalized spacial score (nSPS) is 13.6. The molecule has 1 aliphatic carbocycles. The maximum Gasteiger partial charge on any atom is 0.339 e. The first-order chi connectivity index (χ1) is 22.4. The third-order valence-corrected chi connectivity index (χ3v) is 8.75. The van der Waals surface area contributed by atoms with Gasteiger partial charge in [0.1, 0.15) is 22.9 Å². The van der Waals surface area contributed by atoms with Gasteiger partial charge in [-0.05, 0) is 67.1 Å². The van der Waals surface area contributed by atoms with E-state index in [9.17, 15) is 14.7 Å². The number of carboxylic acids is 1. The van der Waals surface area contributed by atoms with Crippen LogP contribution in [0.4, 0.5) is 0 Å². The standard InChI is InChI=1S/C38H45N3O5/c1-4-5-22-41-34(36(30-17-19-32(45-3)20-18-30)39-37(41)31-14-10-7-11-15-31)26-40(24-28-12-8-6-9-13-28)25-29-16-21-33(38(43)44)35(23-29)46-27(2)42/h7,10-11,14-21,23,28H,4-6,8-9,12-13,22,24-26H2,1-3H3,(H,43,44). The predicted octanol–water partition coefficient (Wildman–Crippen LogP) is 8.23. The fraction of sp³-hybridized carbons (Fsp3) is 0.395. The zero-order valence-electron chi connectivity index (χ0n) is 27.2. The van der Waals surface area contributed by atoms with Crippen molar-refractivity contribution < 1.29 is 24.2 Å². The number of hydrogen-bond donors (Lipinski definition) is 1. The number of methoxy groups -OCH3 is 1. The van der Waals surface area contributed by atoms with Crippen molar-refractivity contribution in [2.75, 3.05) is 13.7 Å². The van der Waals surface area contributed by atoms with E-state index in [1.54, 1.807) is 13.2 Å². The van der Waals surface area contributed by atoms with Crippen LogP contribution in [0.5, 0.6) is 11.5 Å². The molecule has 1 fully saturated rings. The summed E-state index contributed by atoms with van der Waals surface area (Å²) in [6, 6.07) is 23.5. The van der Waals surface area contributed by atoms with Crippen LogP contribution in [0.3, 0.4) is 0 Å². The summed E-state index contributed by atoms with van der Waals surface area (Å²) in [5, 5.41) is 9.71. The lowest BCUT2D eigenvalue weighted by atomic mass is 9.88. The molecule has 1 aromatic heterocycles. The fourth-order valence-corrected chi connectivity index (χ4v) is 6.46. The first-order valence-electron chi connectivity index (χ1n) is 16.4. The molecule has 1 heterocycles. The first-order valence-corrected chi connectivity index (χ1v) is 16.4. The van der Waals surface area contributed by atoms with Crippen LogP contribution in [-0.2, 0) is 24.4 Å². The molecule has 0 spiro atoms. The van der Waals surface area contributed by atoms with Gasteiger partial charge in [-0.3, -0.25) is 9.69 Å². The number of imidazole rings is 1. The van der Waals surface area contributed by atoms with Crippen LogP contribution in [0.25, 0.3) is 22.6 Å². The van der Waals surface area contributed by atoms with E-state index in [0.717, 1.165) is 65.6 Å². The largest absolute Gasteiger partial charge is 0.497 e. The van der Waals surface area contributed by atoms with Crippen molar-refractivity contribution in [2.24, 2.45) is 5.92 Å². The van der Waals surface area contributed by atoms with E-state index in [2.05, 4.69) is 52.8 Å². The van der Waals surface area contributed by atoms with Crippen LogP contribution in [0.1, 0.15) is 80.4 Å². The van der Waals surface area contributed by atoms with E-state index in [4.69, 9.17) is 14.5 Å². The molecule has 4 aromatic rings. The van der Waals surface area contributed by atoms with Gasteiger partial charge >= 0.3 is 11.9 Å². The molecule has 1 aliphatic rings. The van der Waals surface area contributed by atoms with Gasteiger partial charge in [0, 0.05) is 44.2 Å². The number of rotatable bonds is 14. The van der Waals surface area contributed by atoms with Gasteiger partial charge < -0.3 is 19.1 Å². The van der Waals surface area contributed by atoms with Gasteiger partial charge in [-0.2, -0.15) is 0 Å². The van der Waals surface area contributed by atoms with Crippen molar-refractivity contribution in [3.8, 4) is 34.1 Å². The third-order valence-electron chi connectivity index (χ3n) is 8.75. The number of benzene rings is 3. The number of esters is 1.